The highest BCUT2D eigenvalue weighted by Gasteiger charge is 2.21. The zero-order valence-corrected chi connectivity index (χ0v) is 21.8. The molecule has 38 heavy (non-hydrogen) atoms. The SMILES string of the molecule is CC=CC1CCC(c2ccc(-c3ccc(-c4ccc(-c5ccc(OCC)c(F)c5F)cc4)cc3)cc2)OC1. The number of allylic oxidation sites excluding steroid dienone is 1. The van der Waals surface area contributed by atoms with Crippen LogP contribution in [0.2, 0.25) is 0 Å². The number of rotatable bonds is 7. The van der Waals surface area contributed by atoms with Crippen molar-refractivity contribution in [2.24, 2.45) is 5.92 Å². The fourth-order valence-electron chi connectivity index (χ4n) is 5.07. The highest BCUT2D eigenvalue weighted by atomic mass is 19.2. The van der Waals surface area contributed by atoms with Gasteiger partial charge in [0.05, 0.1) is 19.3 Å². The van der Waals surface area contributed by atoms with Gasteiger partial charge in [0.25, 0.3) is 0 Å². The van der Waals surface area contributed by atoms with Crippen molar-refractivity contribution in [3.8, 4) is 39.1 Å². The zero-order chi connectivity index (χ0) is 26.5. The minimum Gasteiger partial charge on any atom is -0.491 e. The average molecular weight is 511 g/mol. The minimum atomic E-state index is -0.957. The van der Waals surface area contributed by atoms with E-state index in [0.717, 1.165) is 41.7 Å². The molecule has 0 saturated carbocycles. The third-order valence-electron chi connectivity index (χ3n) is 7.15. The minimum absolute atomic E-state index is 0.0689. The van der Waals surface area contributed by atoms with Gasteiger partial charge in [-0.15, -0.1) is 0 Å². The Labute approximate surface area is 223 Å². The fourth-order valence-corrected chi connectivity index (χ4v) is 5.07. The first kappa shape index (κ1) is 25.9. The van der Waals surface area contributed by atoms with Crippen LogP contribution in [-0.2, 0) is 4.74 Å². The maximum atomic E-state index is 14.6. The number of ether oxygens (including phenoxy) is 2. The van der Waals surface area contributed by atoms with Crippen LogP contribution in [0.1, 0.15) is 38.4 Å². The van der Waals surface area contributed by atoms with Crippen molar-refractivity contribution in [1.82, 2.24) is 0 Å². The Balaban J connectivity index is 1.27. The van der Waals surface area contributed by atoms with Gasteiger partial charge in [-0.05, 0) is 72.2 Å². The quantitative estimate of drug-likeness (QED) is 0.231. The summed E-state index contributed by atoms with van der Waals surface area (Å²) in [5.41, 5.74) is 6.42. The van der Waals surface area contributed by atoms with Crippen LogP contribution in [-0.4, -0.2) is 13.2 Å². The highest BCUT2D eigenvalue weighted by Crippen LogP contribution is 2.34. The van der Waals surface area contributed by atoms with E-state index < -0.39 is 11.6 Å². The molecular formula is C34H32F2O2. The van der Waals surface area contributed by atoms with Crippen molar-refractivity contribution in [2.75, 3.05) is 13.2 Å². The van der Waals surface area contributed by atoms with Gasteiger partial charge >= 0.3 is 0 Å². The van der Waals surface area contributed by atoms with E-state index >= 15 is 0 Å². The molecule has 0 spiro atoms. The largest absolute Gasteiger partial charge is 0.491 e. The second-order valence-corrected chi connectivity index (χ2v) is 9.63. The van der Waals surface area contributed by atoms with Crippen LogP contribution in [0.15, 0.2) is 97.1 Å². The van der Waals surface area contributed by atoms with E-state index in [-0.39, 0.29) is 24.0 Å². The molecule has 1 aliphatic rings. The Hall–Kier alpha value is -3.76. The molecule has 194 valence electrons. The molecule has 2 nitrogen and oxygen atoms in total. The average Bonchev–Trinajstić information content (AvgIpc) is 2.97. The van der Waals surface area contributed by atoms with Crippen molar-refractivity contribution < 1.29 is 18.3 Å². The van der Waals surface area contributed by atoms with E-state index in [1.54, 1.807) is 13.0 Å². The van der Waals surface area contributed by atoms with E-state index in [4.69, 9.17) is 9.47 Å². The lowest BCUT2D eigenvalue weighted by molar-refractivity contribution is -0.00524. The molecule has 4 aromatic rings. The first-order valence-electron chi connectivity index (χ1n) is 13.2. The summed E-state index contributed by atoms with van der Waals surface area (Å²) in [6.45, 7) is 4.86. The van der Waals surface area contributed by atoms with Crippen LogP contribution >= 0.6 is 0 Å². The Bertz CT molecular complexity index is 1380. The second kappa shape index (κ2) is 11.7. The van der Waals surface area contributed by atoms with Crippen LogP contribution in [0.5, 0.6) is 5.75 Å². The lowest BCUT2D eigenvalue weighted by Crippen LogP contribution is -2.19. The summed E-state index contributed by atoms with van der Waals surface area (Å²) < 4.78 is 40.2. The van der Waals surface area contributed by atoms with Gasteiger partial charge in [-0.25, -0.2) is 4.39 Å². The van der Waals surface area contributed by atoms with Gasteiger partial charge in [-0.1, -0.05) is 84.9 Å². The first-order chi connectivity index (χ1) is 18.6. The number of halogens is 2. The van der Waals surface area contributed by atoms with Crippen LogP contribution < -0.4 is 4.74 Å². The molecule has 0 N–H and O–H groups in total. The molecule has 0 radical (unpaired) electrons. The lowest BCUT2D eigenvalue weighted by atomic mass is 9.93. The van der Waals surface area contributed by atoms with Gasteiger partial charge in [0, 0.05) is 11.5 Å². The van der Waals surface area contributed by atoms with E-state index in [0.29, 0.717) is 11.5 Å². The molecule has 1 heterocycles. The normalized spacial score (nSPS) is 17.6. The van der Waals surface area contributed by atoms with Gasteiger partial charge in [0.2, 0.25) is 5.82 Å². The van der Waals surface area contributed by atoms with E-state index in [1.807, 2.05) is 24.3 Å². The lowest BCUT2D eigenvalue weighted by Gasteiger charge is -2.27. The van der Waals surface area contributed by atoms with Crippen LogP contribution in [0, 0.1) is 17.6 Å². The second-order valence-electron chi connectivity index (χ2n) is 9.63. The summed E-state index contributed by atoms with van der Waals surface area (Å²) in [7, 11) is 0. The molecule has 5 rings (SSSR count). The fraction of sp³-hybridized carbons (Fsp3) is 0.235. The van der Waals surface area contributed by atoms with Crippen molar-refractivity contribution in [3.05, 3.63) is 114 Å². The van der Waals surface area contributed by atoms with E-state index in [2.05, 4.69) is 67.6 Å². The standard InChI is InChI=1S/C34H32F2O2/c1-3-5-23-6-20-31(38-22-23)29-17-13-27(14-18-29)25-9-7-24(8-10-25)26-11-15-28(16-12-26)30-19-21-32(37-4-2)34(36)33(30)35/h3,5,7-19,21,23,31H,4,6,20,22H2,1-2H3. The van der Waals surface area contributed by atoms with Gasteiger partial charge in [0.1, 0.15) is 0 Å². The molecule has 1 fully saturated rings. The molecule has 4 aromatic carbocycles. The molecule has 0 bridgehead atoms. The monoisotopic (exact) mass is 510 g/mol. The van der Waals surface area contributed by atoms with Gasteiger partial charge in [0.15, 0.2) is 11.6 Å². The molecule has 2 unspecified atom stereocenters. The summed E-state index contributed by atoms with van der Waals surface area (Å²) >= 11 is 0. The molecule has 4 heteroatoms. The predicted octanol–water partition coefficient (Wildman–Crippen LogP) is 9.41. The van der Waals surface area contributed by atoms with Crippen molar-refractivity contribution in [2.45, 2.75) is 32.8 Å². The number of hydrogen-bond donors (Lipinski definition) is 0. The first-order valence-corrected chi connectivity index (χ1v) is 13.2. The Morgan fingerprint density at radius 1 is 0.737 bits per heavy atom. The maximum absolute atomic E-state index is 14.6. The van der Waals surface area contributed by atoms with Gasteiger partial charge < -0.3 is 9.47 Å². The Morgan fingerprint density at radius 2 is 1.29 bits per heavy atom. The smallest absolute Gasteiger partial charge is 0.201 e. The topological polar surface area (TPSA) is 18.5 Å². The zero-order valence-electron chi connectivity index (χ0n) is 21.8. The number of benzene rings is 4. The third kappa shape index (κ3) is 5.56. The molecular weight excluding hydrogens is 478 g/mol. The van der Waals surface area contributed by atoms with Crippen molar-refractivity contribution >= 4 is 0 Å². The summed E-state index contributed by atoms with van der Waals surface area (Å²) in [6.07, 6.45) is 6.72. The molecule has 2 atom stereocenters. The molecule has 0 amide bonds. The summed E-state index contributed by atoms with van der Waals surface area (Å²) in [6, 6.07) is 27.6. The van der Waals surface area contributed by atoms with Gasteiger partial charge in [-0.2, -0.15) is 4.39 Å². The van der Waals surface area contributed by atoms with Crippen molar-refractivity contribution in [3.63, 3.8) is 0 Å². The Morgan fingerprint density at radius 3 is 1.79 bits per heavy atom. The van der Waals surface area contributed by atoms with E-state index in [9.17, 15) is 8.78 Å². The maximum Gasteiger partial charge on any atom is 0.201 e. The number of hydrogen-bond acceptors (Lipinski definition) is 2. The Kier molecular flexibility index (Phi) is 8.00. The summed E-state index contributed by atoms with van der Waals surface area (Å²) in [5.74, 6) is -1.39. The highest BCUT2D eigenvalue weighted by molar-refractivity contribution is 5.73. The summed E-state index contributed by atoms with van der Waals surface area (Å²) in [4.78, 5) is 0. The molecule has 0 aromatic heterocycles. The molecule has 1 saturated heterocycles. The van der Waals surface area contributed by atoms with E-state index in [1.165, 1.54) is 11.6 Å². The van der Waals surface area contributed by atoms with Crippen molar-refractivity contribution in [1.29, 1.82) is 0 Å². The summed E-state index contributed by atoms with van der Waals surface area (Å²) in [5, 5.41) is 0. The molecule has 1 aliphatic heterocycles. The predicted molar refractivity (Wildman–Crippen MR) is 150 cm³/mol. The molecule has 0 aliphatic carbocycles. The third-order valence-corrected chi connectivity index (χ3v) is 7.15. The van der Waals surface area contributed by atoms with Gasteiger partial charge in [-0.3, -0.25) is 0 Å². The van der Waals surface area contributed by atoms with Crippen LogP contribution in [0.25, 0.3) is 33.4 Å². The van der Waals surface area contributed by atoms with Crippen LogP contribution in [0.4, 0.5) is 8.78 Å². The van der Waals surface area contributed by atoms with Crippen LogP contribution in [0.3, 0.4) is 0 Å².